The highest BCUT2D eigenvalue weighted by atomic mass is 32.2. The number of anilines is 1. The summed E-state index contributed by atoms with van der Waals surface area (Å²) in [5.41, 5.74) is -6.95. The molecule has 13 heteroatoms. The van der Waals surface area contributed by atoms with Crippen LogP contribution in [0.2, 0.25) is 0 Å². The molecule has 2 rings (SSSR count). The standard InChI is InChI=1S/C14H12F4N2O6S/c1-7-4-8(15)9(5-11(7)26-27(24,25)14(16,17)18)19-10-6-12(22)20(2-3-21)13(10)23/h4-6,19,21H,2-3H2,1H3. The summed E-state index contributed by atoms with van der Waals surface area (Å²) in [5, 5.41) is 11.0. The van der Waals surface area contributed by atoms with E-state index < -0.39 is 57.0 Å². The van der Waals surface area contributed by atoms with Gasteiger partial charge in [0.25, 0.3) is 11.8 Å². The highest BCUT2D eigenvalue weighted by Gasteiger charge is 2.48. The second-order valence-corrected chi connectivity index (χ2v) is 6.82. The van der Waals surface area contributed by atoms with Crippen LogP contribution in [0.5, 0.6) is 5.75 Å². The molecule has 0 fully saturated rings. The van der Waals surface area contributed by atoms with Crippen molar-refractivity contribution < 1.29 is 44.9 Å². The molecule has 0 saturated carbocycles. The molecule has 1 aromatic carbocycles. The number of β-amino-alcohol motifs (C(OH)–C–C–N with tert-alkyl or cyclic N) is 1. The van der Waals surface area contributed by atoms with Gasteiger partial charge in [0, 0.05) is 12.1 Å². The summed E-state index contributed by atoms with van der Waals surface area (Å²) in [5.74, 6) is -3.55. The number of carbonyl (C=O) groups is 2. The third kappa shape index (κ3) is 4.19. The molecule has 1 aromatic rings. The van der Waals surface area contributed by atoms with Gasteiger partial charge in [-0.15, -0.1) is 0 Å². The molecule has 0 saturated heterocycles. The van der Waals surface area contributed by atoms with Gasteiger partial charge in [-0.3, -0.25) is 14.5 Å². The van der Waals surface area contributed by atoms with E-state index in [4.69, 9.17) is 5.11 Å². The number of hydrogen-bond acceptors (Lipinski definition) is 7. The number of aliphatic hydroxyl groups is 1. The van der Waals surface area contributed by atoms with Crippen molar-refractivity contribution in [2.45, 2.75) is 12.4 Å². The predicted octanol–water partition coefficient (Wildman–Crippen LogP) is 1.02. The maximum absolute atomic E-state index is 14.1. The molecule has 148 valence electrons. The van der Waals surface area contributed by atoms with Gasteiger partial charge in [0.05, 0.1) is 18.8 Å². The van der Waals surface area contributed by atoms with Crippen molar-refractivity contribution in [1.82, 2.24) is 4.90 Å². The van der Waals surface area contributed by atoms with Crippen LogP contribution in [-0.2, 0) is 19.7 Å². The van der Waals surface area contributed by atoms with Crippen LogP contribution in [0.4, 0.5) is 23.2 Å². The number of aryl methyl sites for hydroxylation is 1. The van der Waals surface area contributed by atoms with Crippen LogP contribution in [0.3, 0.4) is 0 Å². The first-order valence-corrected chi connectivity index (χ1v) is 8.54. The monoisotopic (exact) mass is 412 g/mol. The molecule has 0 radical (unpaired) electrons. The molecule has 1 aliphatic rings. The Morgan fingerprint density at radius 1 is 1.26 bits per heavy atom. The van der Waals surface area contributed by atoms with Crippen molar-refractivity contribution >= 4 is 27.6 Å². The lowest BCUT2D eigenvalue weighted by molar-refractivity contribution is -0.137. The Kier molecular flexibility index (Phi) is 5.47. The number of carbonyl (C=O) groups excluding carboxylic acids is 2. The van der Waals surface area contributed by atoms with Crippen molar-refractivity contribution in [2.75, 3.05) is 18.5 Å². The van der Waals surface area contributed by atoms with E-state index >= 15 is 0 Å². The van der Waals surface area contributed by atoms with Gasteiger partial charge in [-0.25, -0.2) is 4.39 Å². The summed E-state index contributed by atoms with van der Waals surface area (Å²) in [4.78, 5) is 24.3. The minimum atomic E-state index is -5.99. The number of nitrogens with one attached hydrogen (secondary N) is 1. The molecule has 0 bridgehead atoms. The number of imide groups is 1. The van der Waals surface area contributed by atoms with E-state index in [-0.39, 0.29) is 12.1 Å². The van der Waals surface area contributed by atoms with Crippen LogP contribution in [-0.4, -0.2) is 48.9 Å². The number of nitrogens with zero attached hydrogens (tertiary/aromatic N) is 1. The second-order valence-electron chi connectivity index (χ2n) is 5.28. The SMILES string of the molecule is Cc1cc(F)c(NC2=CC(=O)N(CCO)C2=O)cc1OS(=O)(=O)C(F)(F)F. The minimum Gasteiger partial charge on any atom is -0.395 e. The van der Waals surface area contributed by atoms with E-state index in [9.17, 15) is 35.6 Å². The Balaban J connectivity index is 2.33. The van der Waals surface area contributed by atoms with Gasteiger partial charge >= 0.3 is 15.6 Å². The zero-order chi connectivity index (χ0) is 20.6. The van der Waals surface area contributed by atoms with Crippen LogP contribution >= 0.6 is 0 Å². The first kappa shape index (κ1) is 20.6. The molecule has 0 aliphatic carbocycles. The third-order valence-electron chi connectivity index (χ3n) is 3.35. The second kappa shape index (κ2) is 7.15. The molecular formula is C14H12F4N2O6S. The first-order valence-electron chi connectivity index (χ1n) is 7.13. The van der Waals surface area contributed by atoms with Gasteiger partial charge in [-0.05, 0) is 18.6 Å². The van der Waals surface area contributed by atoms with E-state index in [2.05, 4.69) is 9.50 Å². The fourth-order valence-electron chi connectivity index (χ4n) is 2.06. The summed E-state index contributed by atoms with van der Waals surface area (Å²) in [6.07, 6.45) is 0.796. The van der Waals surface area contributed by atoms with E-state index in [1.54, 1.807) is 0 Å². The molecule has 0 aromatic heterocycles. The Hall–Kier alpha value is -2.67. The van der Waals surface area contributed by atoms with Crippen molar-refractivity contribution in [2.24, 2.45) is 0 Å². The summed E-state index contributed by atoms with van der Waals surface area (Å²) < 4.78 is 77.6. The molecule has 8 nitrogen and oxygen atoms in total. The Morgan fingerprint density at radius 2 is 1.89 bits per heavy atom. The molecule has 27 heavy (non-hydrogen) atoms. The van der Waals surface area contributed by atoms with Crippen molar-refractivity contribution in [3.05, 3.63) is 35.3 Å². The summed E-state index contributed by atoms with van der Waals surface area (Å²) in [6.45, 7) is 0.291. The largest absolute Gasteiger partial charge is 0.534 e. The lowest BCUT2D eigenvalue weighted by Gasteiger charge is -2.15. The number of alkyl halides is 3. The number of amides is 2. The Labute approximate surface area is 150 Å². The minimum absolute atomic E-state index is 0.254. The van der Waals surface area contributed by atoms with Crippen LogP contribution in [0.1, 0.15) is 5.56 Å². The Morgan fingerprint density at radius 3 is 2.44 bits per heavy atom. The molecule has 0 atom stereocenters. The molecular weight excluding hydrogens is 400 g/mol. The lowest BCUT2D eigenvalue weighted by Crippen LogP contribution is -2.34. The summed E-state index contributed by atoms with van der Waals surface area (Å²) in [6, 6.07) is 1.30. The van der Waals surface area contributed by atoms with Crippen LogP contribution in [0.25, 0.3) is 0 Å². The molecule has 0 unspecified atom stereocenters. The van der Waals surface area contributed by atoms with Crippen LogP contribution < -0.4 is 9.50 Å². The van der Waals surface area contributed by atoms with Crippen LogP contribution in [0.15, 0.2) is 23.9 Å². The fourth-order valence-corrected chi connectivity index (χ4v) is 2.57. The fraction of sp³-hybridized carbons (Fsp3) is 0.286. The van der Waals surface area contributed by atoms with E-state index in [0.717, 1.165) is 13.0 Å². The number of halogens is 4. The van der Waals surface area contributed by atoms with Gasteiger partial charge in [-0.2, -0.15) is 21.6 Å². The summed E-state index contributed by atoms with van der Waals surface area (Å²) in [7, 11) is -5.99. The van der Waals surface area contributed by atoms with Gasteiger partial charge in [0.2, 0.25) is 0 Å². The maximum atomic E-state index is 14.1. The normalized spacial score (nSPS) is 15.2. The smallest absolute Gasteiger partial charge is 0.395 e. The average molecular weight is 412 g/mol. The van der Waals surface area contributed by atoms with Crippen LogP contribution in [0, 0.1) is 12.7 Å². The number of aliphatic hydroxyl groups excluding tert-OH is 1. The van der Waals surface area contributed by atoms with E-state index in [1.807, 2.05) is 0 Å². The molecule has 2 amide bonds. The third-order valence-corrected chi connectivity index (χ3v) is 4.32. The van der Waals surface area contributed by atoms with Crippen molar-refractivity contribution in [3.8, 4) is 5.75 Å². The zero-order valence-corrected chi connectivity index (χ0v) is 14.3. The number of hydrogen-bond donors (Lipinski definition) is 2. The van der Waals surface area contributed by atoms with Crippen molar-refractivity contribution in [1.29, 1.82) is 0 Å². The van der Waals surface area contributed by atoms with Gasteiger partial charge in [0.15, 0.2) is 0 Å². The highest BCUT2D eigenvalue weighted by Crippen LogP contribution is 2.32. The maximum Gasteiger partial charge on any atom is 0.534 e. The quantitative estimate of drug-likeness (QED) is 0.310. The number of benzene rings is 1. The zero-order valence-electron chi connectivity index (χ0n) is 13.5. The molecule has 1 heterocycles. The summed E-state index contributed by atoms with van der Waals surface area (Å²) >= 11 is 0. The highest BCUT2D eigenvalue weighted by molar-refractivity contribution is 7.88. The number of rotatable bonds is 6. The predicted molar refractivity (Wildman–Crippen MR) is 82.3 cm³/mol. The van der Waals surface area contributed by atoms with Gasteiger partial charge in [-0.1, -0.05) is 0 Å². The van der Waals surface area contributed by atoms with Gasteiger partial charge in [0.1, 0.15) is 17.3 Å². The molecule has 2 N–H and O–H groups in total. The topological polar surface area (TPSA) is 113 Å². The molecule has 1 aliphatic heterocycles. The van der Waals surface area contributed by atoms with Crippen molar-refractivity contribution in [3.63, 3.8) is 0 Å². The Bertz CT molecular complexity index is 926. The lowest BCUT2D eigenvalue weighted by atomic mass is 10.2. The molecule has 0 spiro atoms. The van der Waals surface area contributed by atoms with E-state index in [1.165, 1.54) is 0 Å². The average Bonchev–Trinajstić information content (AvgIpc) is 2.78. The van der Waals surface area contributed by atoms with Gasteiger partial charge < -0.3 is 14.6 Å². The van der Waals surface area contributed by atoms with E-state index in [0.29, 0.717) is 17.0 Å². The first-order chi connectivity index (χ1) is 12.4.